The smallest absolute Gasteiger partial charge is 0.221 e. The van der Waals surface area contributed by atoms with Gasteiger partial charge in [0.25, 0.3) is 0 Å². The number of nitrogens with zero attached hydrogens (tertiary/aromatic N) is 1. The standard InChI is InChI=1S/C16H15BrN4OS/c1-10(22)19-14-7-3-5-12(9-14)15(20-21-16(18)23)11-4-2-6-13(17)8-11/h2-9H,1H3,(H,19,22)(H3,18,21,23)/b20-15+. The third-order valence-electron chi connectivity index (χ3n) is 2.83. The van der Waals surface area contributed by atoms with Crippen molar-refractivity contribution in [2.75, 3.05) is 5.32 Å². The molecule has 0 unspecified atom stereocenters. The van der Waals surface area contributed by atoms with E-state index in [4.69, 9.17) is 18.0 Å². The largest absolute Gasteiger partial charge is 0.375 e. The molecule has 0 bridgehead atoms. The third kappa shape index (κ3) is 5.15. The van der Waals surface area contributed by atoms with Crippen LogP contribution in [0.25, 0.3) is 0 Å². The van der Waals surface area contributed by atoms with Crippen LogP contribution in [0.2, 0.25) is 0 Å². The van der Waals surface area contributed by atoms with Gasteiger partial charge in [-0.3, -0.25) is 10.2 Å². The van der Waals surface area contributed by atoms with Gasteiger partial charge in [-0.05, 0) is 36.5 Å². The third-order valence-corrected chi connectivity index (χ3v) is 3.42. The molecule has 5 nitrogen and oxygen atoms in total. The number of rotatable bonds is 4. The number of nitrogens with one attached hydrogen (secondary N) is 2. The average molecular weight is 391 g/mol. The van der Waals surface area contributed by atoms with Crippen LogP contribution >= 0.6 is 28.1 Å². The summed E-state index contributed by atoms with van der Waals surface area (Å²) >= 11 is 8.26. The molecule has 0 radical (unpaired) electrons. The summed E-state index contributed by atoms with van der Waals surface area (Å²) < 4.78 is 0.927. The summed E-state index contributed by atoms with van der Waals surface area (Å²) in [6.45, 7) is 1.46. The average Bonchev–Trinajstić information content (AvgIpc) is 2.47. The molecule has 0 atom stereocenters. The first-order valence-electron chi connectivity index (χ1n) is 6.73. The summed E-state index contributed by atoms with van der Waals surface area (Å²) in [6, 6.07) is 15.1. The number of anilines is 1. The summed E-state index contributed by atoms with van der Waals surface area (Å²) in [7, 11) is 0. The van der Waals surface area contributed by atoms with E-state index in [0.29, 0.717) is 11.4 Å². The fourth-order valence-electron chi connectivity index (χ4n) is 1.99. The topological polar surface area (TPSA) is 79.5 Å². The van der Waals surface area contributed by atoms with E-state index < -0.39 is 0 Å². The monoisotopic (exact) mass is 390 g/mol. The molecule has 0 aromatic heterocycles. The molecule has 4 N–H and O–H groups in total. The number of halogens is 1. The first-order chi connectivity index (χ1) is 11.0. The van der Waals surface area contributed by atoms with Crippen LogP contribution in [0.4, 0.5) is 5.69 Å². The molecule has 0 aliphatic carbocycles. The number of benzene rings is 2. The van der Waals surface area contributed by atoms with Crippen molar-refractivity contribution >= 4 is 50.6 Å². The Labute approximate surface area is 148 Å². The Morgan fingerprint density at radius 1 is 1.17 bits per heavy atom. The number of nitrogens with two attached hydrogens (primary N) is 1. The van der Waals surface area contributed by atoms with Crippen LogP contribution in [0.5, 0.6) is 0 Å². The minimum absolute atomic E-state index is 0.0792. The van der Waals surface area contributed by atoms with E-state index in [0.717, 1.165) is 15.6 Å². The van der Waals surface area contributed by atoms with Gasteiger partial charge in [-0.1, -0.05) is 40.2 Å². The molecule has 118 valence electrons. The van der Waals surface area contributed by atoms with Crippen LogP contribution in [0.1, 0.15) is 18.1 Å². The number of hydrogen-bond donors (Lipinski definition) is 3. The molecule has 0 spiro atoms. The van der Waals surface area contributed by atoms with Gasteiger partial charge >= 0.3 is 0 Å². The summed E-state index contributed by atoms with van der Waals surface area (Å²) in [5.74, 6) is -0.135. The van der Waals surface area contributed by atoms with Gasteiger partial charge < -0.3 is 11.1 Å². The fourth-order valence-corrected chi connectivity index (χ4v) is 2.43. The van der Waals surface area contributed by atoms with E-state index in [-0.39, 0.29) is 11.0 Å². The van der Waals surface area contributed by atoms with Crippen molar-refractivity contribution in [3.05, 3.63) is 64.1 Å². The van der Waals surface area contributed by atoms with Crippen LogP contribution in [0.15, 0.2) is 58.1 Å². The molecule has 0 saturated heterocycles. The van der Waals surface area contributed by atoms with E-state index in [9.17, 15) is 4.79 Å². The van der Waals surface area contributed by atoms with Gasteiger partial charge in [-0.25, -0.2) is 0 Å². The van der Waals surface area contributed by atoms with E-state index >= 15 is 0 Å². The predicted molar refractivity (Wildman–Crippen MR) is 100 cm³/mol. The first-order valence-corrected chi connectivity index (χ1v) is 7.93. The van der Waals surface area contributed by atoms with E-state index in [1.807, 2.05) is 48.5 Å². The van der Waals surface area contributed by atoms with Gasteiger partial charge in [0, 0.05) is 28.2 Å². The number of hydrazone groups is 1. The molecule has 2 aromatic rings. The number of carbonyl (C=O) groups excluding carboxylic acids is 1. The molecule has 0 aliphatic rings. The second-order valence-electron chi connectivity index (χ2n) is 4.71. The van der Waals surface area contributed by atoms with Crippen LogP contribution in [0, 0.1) is 0 Å². The second-order valence-corrected chi connectivity index (χ2v) is 6.06. The van der Waals surface area contributed by atoms with Gasteiger partial charge in [0.15, 0.2) is 5.11 Å². The van der Waals surface area contributed by atoms with Crippen LogP contribution in [-0.4, -0.2) is 16.7 Å². The van der Waals surface area contributed by atoms with Gasteiger partial charge in [0.05, 0.1) is 5.71 Å². The van der Waals surface area contributed by atoms with Crippen LogP contribution in [0.3, 0.4) is 0 Å². The highest BCUT2D eigenvalue weighted by Gasteiger charge is 2.09. The van der Waals surface area contributed by atoms with E-state index in [2.05, 4.69) is 31.8 Å². The van der Waals surface area contributed by atoms with Crippen molar-refractivity contribution < 1.29 is 4.79 Å². The zero-order chi connectivity index (χ0) is 16.8. The molecule has 0 heterocycles. The summed E-state index contributed by atoms with van der Waals surface area (Å²) in [5, 5.41) is 7.12. The number of thiocarbonyl (C=S) groups is 1. The molecule has 0 fully saturated rings. The molecule has 1 amide bonds. The first kappa shape index (κ1) is 17.1. The van der Waals surface area contributed by atoms with Crippen molar-refractivity contribution in [1.29, 1.82) is 0 Å². The predicted octanol–water partition coefficient (Wildman–Crippen LogP) is 2.99. The van der Waals surface area contributed by atoms with Crippen molar-refractivity contribution in [2.24, 2.45) is 10.8 Å². The number of carbonyl (C=O) groups is 1. The Kier molecular flexibility index (Phi) is 5.84. The minimum Gasteiger partial charge on any atom is -0.375 e. The molecule has 7 heteroatoms. The fraction of sp³-hybridized carbons (Fsp3) is 0.0625. The van der Waals surface area contributed by atoms with Crippen LogP contribution in [-0.2, 0) is 4.79 Å². The van der Waals surface area contributed by atoms with Gasteiger partial charge in [0.2, 0.25) is 5.91 Å². The highest BCUT2D eigenvalue weighted by molar-refractivity contribution is 9.10. The molecule has 2 aromatic carbocycles. The lowest BCUT2D eigenvalue weighted by molar-refractivity contribution is -0.114. The molecule has 2 rings (SSSR count). The zero-order valence-electron chi connectivity index (χ0n) is 12.3. The summed E-state index contributed by atoms with van der Waals surface area (Å²) in [5.41, 5.74) is 11.1. The quantitative estimate of drug-likeness (QED) is 0.425. The number of amides is 1. The molecular formula is C16H15BrN4OS. The maximum absolute atomic E-state index is 11.2. The summed E-state index contributed by atoms with van der Waals surface area (Å²) in [4.78, 5) is 11.2. The molecular weight excluding hydrogens is 376 g/mol. The van der Waals surface area contributed by atoms with Gasteiger partial charge in [-0.15, -0.1) is 0 Å². The lowest BCUT2D eigenvalue weighted by Gasteiger charge is -2.10. The zero-order valence-corrected chi connectivity index (χ0v) is 14.7. The van der Waals surface area contributed by atoms with Crippen molar-refractivity contribution in [3.63, 3.8) is 0 Å². The Morgan fingerprint density at radius 2 is 1.83 bits per heavy atom. The highest BCUT2D eigenvalue weighted by atomic mass is 79.9. The molecule has 0 aliphatic heterocycles. The lowest BCUT2D eigenvalue weighted by Crippen LogP contribution is -2.26. The van der Waals surface area contributed by atoms with Crippen molar-refractivity contribution in [2.45, 2.75) is 6.92 Å². The Bertz CT molecular complexity index is 776. The van der Waals surface area contributed by atoms with Crippen LogP contribution < -0.4 is 16.5 Å². The van der Waals surface area contributed by atoms with Gasteiger partial charge in [0.1, 0.15) is 0 Å². The van der Waals surface area contributed by atoms with E-state index in [1.54, 1.807) is 0 Å². The number of hydrogen-bond acceptors (Lipinski definition) is 3. The molecule has 0 saturated carbocycles. The molecule has 23 heavy (non-hydrogen) atoms. The lowest BCUT2D eigenvalue weighted by atomic mass is 10.0. The normalized spacial score (nSPS) is 11.0. The van der Waals surface area contributed by atoms with Gasteiger partial charge in [-0.2, -0.15) is 5.10 Å². The second kappa shape index (κ2) is 7.85. The Balaban J connectivity index is 2.47. The maximum atomic E-state index is 11.2. The van der Waals surface area contributed by atoms with Crippen molar-refractivity contribution in [3.8, 4) is 0 Å². The van der Waals surface area contributed by atoms with E-state index in [1.165, 1.54) is 6.92 Å². The summed E-state index contributed by atoms with van der Waals surface area (Å²) in [6.07, 6.45) is 0. The Hall–Kier alpha value is -2.25. The SMILES string of the molecule is CC(=O)Nc1cccc(/C(=N/NC(N)=S)c2cccc(Br)c2)c1. The highest BCUT2D eigenvalue weighted by Crippen LogP contribution is 2.18. The van der Waals surface area contributed by atoms with Crippen molar-refractivity contribution in [1.82, 2.24) is 5.43 Å². The maximum Gasteiger partial charge on any atom is 0.221 e. The minimum atomic E-state index is -0.135. The Morgan fingerprint density at radius 3 is 2.43 bits per heavy atom.